The number of nitriles is 1. The molecule has 3 aromatic rings. The quantitative estimate of drug-likeness (QED) is 0.320. The number of halogens is 4. The Labute approximate surface area is 196 Å². The zero-order valence-corrected chi connectivity index (χ0v) is 20.1. The van der Waals surface area contributed by atoms with Gasteiger partial charge in [0, 0.05) is 10.4 Å². The number of aryl methyl sites for hydroxylation is 1. The van der Waals surface area contributed by atoms with E-state index in [4.69, 9.17) is 5.26 Å². The van der Waals surface area contributed by atoms with Crippen LogP contribution in [-0.2, 0) is 12.6 Å². The molecule has 3 rings (SSSR count). The van der Waals surface area contributed by atoms with Crippen molar-refractivity contribution in [1.82, 2.24) is 4.98 Å². The van der Waals surface area contributed by atoms with E-state index in [1.165, 1.54) is 35.6 Å². The van der Waals surface area contributed by atoms with Crippen molar-refractivity contribution in [2.75, 3.05) is 0 Å². The number of hydrogen-bond acceptors (Lipinski definition) is 3. The summed E-state index contributed by atoms with van der Waals surface area (Å²) in [6.45, 7) is 8.00. The summed E-state index contributed by atoms with van der Waals surface area (Å²) in [7, 11) is 0. The summed E-state index contributed by atoms with van der Waals surface area (Å²) in [6.07, 6.45) is -0.853. The molecule has 0 aliphatic carbocycles. The minimum absolute atomic E-state index is 0.0208. The Morgan fingerprint density at radius 1 is 1.09 bits per heavy atom. The molecule has 0 fully saturated rings. The van der Waals surface area contributed by atoms with Crippen molar-refractivity contribution in [3.8, 4) is 16.6 Å². The van der Waals surface area contributed by atoms with Gasteiger partial charge < -0.3 is 0 Å². The molecule has 2 aromatic carbocycles. The van der Waals surface area contributed by atoms with Gasteiger partial charge in [0.1, 0.15) is 16.9 Å². The third kappa shape index (κ3) is 6.88. The van der Waals surface area contributed by atoms with Crippen molar-refractivity contribution < 1.29 is 17.6 Å². The SMILES string of the molecule is CC.CCCCC(Cc1ccc(C#N)c(F)c1)c1sc(-c2ccc(C(F)(F)F)cc2)nc1C. The monoisotopic (exact) mass is 476 g/mol. The first kappa shape index (κ1) is 26.5. The Bertz CT molecular complexity index is 1080. The molecule has 0 radical (unpaired) electrons. The van der Waals surface area contributed by atoms with Gasteiger partial charge >= 0.3 is 6.18 Å². The van der Waals surface area contributed by atoms with Crippen molar-refractivity contribution in [2.24, 2.45) is 0 Å². The van der Waals surface area contributed by atoms with E-state index in [0.29, 0.717) is 17.0 Å². The van der Waals surface area contributed by atoms with Crippen LogP contribution in [0.2, 0.25) is 0 Å². The molecule has 1 unspecified atom stereocenters. The molecule has 0 N–H and O–H groups in total. The second kappa shape index (κ2) is 11.9. The van der Waals surface area contributed by atoms with Crippen LogP contribution in [0.25, 0.3) is 10.6 Å². The van der Waals surface area contributed by atoms with E-state index in [2.05, 4.69) is 11.9 Å². The third-order valence-electron chi connectivity index (χ3n) is 5.20. The highest BCUT2D eigenvalue weighted by Crippen LogP contribution is 2.38. The van der Waals surface area contributed by atoms with Gasteiger partial charge in [0.15, 0.2) is 0 Å². The van der Waals surface area contributed by atoms with Crippen LogP contribution < -0.4 is 0 Å². The van der Waals surface area contributed by atoms with Crippen LogP contribution in [-0.4, -0.2) is 4.98 Å². The maximum absolute atomic E-state index is 14.1. The molecule has 0 aliphatic heterocycles. The summed E-state index contributed by atoms with van der Waals surface area (Å²) in [6, 6.07) is 11.5. The molecule has 176 valence electrons. The van der Waals surface area contributed by atoms with Gasteiger partial charge in [-0.25, -0.2) is 9.37 Å². The molecule has 2 nitrogen and oxygen atoms in total. The fraction of sp³-hybridized carbons (Fsp3) is 0.385. The van der Waals surface area contributed by atoms with E-state index in [9.17, 15) is 17.6 Å². The van der Waals surface area contributed by atoms with Gasteiger partial charge in [0.2, 0.25) is 0 Å². The number of benzene rings is 2. The van der Waals surface area contributed by atoms with Gasteiger partial charge in [-0.3, -0.25) is 0 Å². The predicted octanol–water partition coefficient (Wildman–Crippen LogP) is 8.69. The number of thiazole rings is 1. The van der Waals surface area contributed by atoms with Gasteiger partial charge in [-0.2, -0.15) is 18.4 Å². The van der Waals surface area contributed by atoms with E-state index in [-0.39, 0.29) is 11.5 Å². The van der Waals surface area contributed by atoms with Crippen LogP contribution in [0, 0.1) is 24.1 Å². The largest absolute Gasteiger partial charge is 0.416 e. The summed E-state index contributed by atoms with van der Waals surface area (Å²) < 4.78 is 52.6. The molecule has 0 saturated carbocycles. The number of alkyl halides is 3. The van der Waals surface area contributed by atoms with E-state index in [1.54, 1.807) is 6.07 Å². The van der Waals surface area contributed by atoms with Crippen molar-refractivity contribution in [3.63, 3.8) is 0 Å². The number of hydrogen-bond donors (Lipinski definition) is 0. The minimum Gasteiger partial charge on any atom is -0.241 e. The number of unbranched alkanes of at least 4 members (excludes halogenated alkanes) is 1. The molecule has 0 aliphatic rings. The zero-order valence-electron chi connectivity index (χ0n) is 19.3. The third-order valence-corrected chi connectivity index (χ3v) is 6.57. The molecular weight excluding hydrogens is 448 g/mol. The Morgan fingerprint density at radius 2 is 1.76 bits per heavy atom. The van der Waals surface area contributed by atoms with Gasteiger partial charge in [-0.15, -0.1) is 11.3 Å². The summed E-state index contributed by atoms with van der Waals surface area (Å²) in [5, 5.41) is 9.61. The Balaban J connectivity index is 0.00000187. The number of nitrogens with zero attached hydrogens (tertiary/aromatic N) is 2. The molecule has 33 heavy (non-hydrogen) atoms. The van der Waals surface area contributed by atoms with Crippen LogP contribution in [0.5, 0.6) is 0 Å². The molecule has 1 heterocycles. The smallest absolute Gasteiger partial charge is 0.241 e. The van der Waals surface area contributed by atoms with Gasteiger partial charge in [0.25, 0.3) is 0 Å². The molecule has 7 heteroatoms. The highest BCUT2D eigenvalue weighted by atomic mass is 32.1. The standard InChI is InChI=1S/C24H22F4N2S.C2H6/c1-3-4-5-18(12-16-6-7-19(14-29)21(25)13-16)22-15(2)30-23(31-22)17-8-10-20(11-9-17)24(26,27)28;1-2/h6-11,13,18H,3-5,12H2,1-2H3;1-2H3. The van der Waals surface area contributed by atoms with Crippen molar-refractivity contribution >= 4 is 11.3 Å². The van der Waals surface area contributed by atoms with Gasteiger partial charge in [-0.05, 0) is 55.5 Å². The second-order valence-corrected chi connectivity index (χ2v) is 8.54. The predicted molar refractivity (Wildman–Crippen MR) is 126 cm³/mol. The van der Waals surface area contributed by atoms with Gasteiger partial charge in [0.05, 0.1) is 16.8 Å². The van der Waals surface area contributed by atoms with Crippen LogP contribution in [0.1, 0.15) is 73.2 Å². The first-order valence-corrected chi connectivity index (χ1v) is 11.9. The van der Waals surface area contributed by atoms with Crippen LogP contribution >= 0.6 is 11.3 Å². The lowest BCUT2D eigenvalue weighted by Gasteiger charge is -2.16. The van der Waals surface area contributed by atoms with E-state index < -0.39 is 17.6 Å². The van der Waals surface area contributed by atoms with E-state index >= 15 is 0 Å². The zero-order chi connectivity index (χ0) is 24.6. The molecule has 1 aromatic heterocycles. The van der Waals surface area contributed by atoms with E-state index in [0.717, 1.165) is 47.5 Å². The highest BCUT2D eigenvalue weighted by Gasteiger charge is 2.30. The van der Waals surface area contributed by atoms with Crippen molar-refractivity contribution in [3.05, 3.63) is 75.5 Å². The summed E-state index contributed by atoms with van der Waals surface area (Å²) in [5.41, 5.74) is 1.63. The van der Waals surface area contributed by atoms with Crippen LogP contribution in [0.3, 0.4) is 0 Å². The minimum atomic E-state index is -4.37. The summed E-state index contributed by atoms with van der Waals surface area (Å²) in [4.78, 5) is 5.67. The number of aromatic nitrogens is 1. The lowest BCUT2D eigenvalue weighted by molar-refractivity contribution is -0.137. The average Bonchev–Trinajstić information content (AvgIpc) is 3.19. The van der Waals surface area contributed by atoms with Gasteiger partial charge in [-0.1, -0.05) is 51.8 Å². The first-order valence-electron chi connectivity index (χ1n) is 11.1. The lowest BCUT2D eigenvalue weighted by atomic mass is 9.91. The molecule has 0 amide bonds. The topological polar surface area (TPSA) is 36.7 Å². The molecule has 0 bridgehead atoms. The van der Waals surface area contributed by atoms with Crippen molar-refractivity contribution in [2.45, 2.75) is 65.5 Å². The van der Waals surface area contributed by atoms with Crippen LogP contribution in [0.4, 0.5) is 17.6 Å². The fourth-order valence-electron chi connectivity index (χ4n) is 3.55. The van der Waals surface area contributed by atoms with Crippen LogP contribution in [0.15, 0.2) is 42.5 Å². The number of rotatable bonds is 7. The lowest BCUT2D eigenvalue weighted by Crippen LogP contribution is -2.04. The Morgan fingerprint density at radius 3 is 2.30 bits per heavy atom. The Kier molecular flexibility index (Phi) is 9.60. The maximum Gasteiger partial charge on any atom is 0.416 e. The van der Waals surface area contributed by atoms with Crippen molar-refractivity contribution in [1.29, 1.82) is 5.26 Å². The molecule has 0 saturated heterocycles. The Hall–Kier alpha value is -2.72. The average molecular weight is 477 g/mol. The summed E-state index contributed by atoms with van der Waals surface area (Å²) in [5.74, 6) is -0.409. The summed E-state index contributed by atoms with van der Waals surface area (Å²) >= 11 is 1.48. The molecule has 0 spiro atoms. The normalized spacial score (nSPS) is 12.0. The highest BCUT2D eigenvalue weighted by molar-refractivity contribution is 7.15. The second-order valence-electron chi connectivity index (χ2n) is 7.51. The van der Waals surface area contributed by atoms with E-state index in [1.807, 2.05) is 26.8 Å². The maximum atomic E-state index is 14.1. The first-order chi connectivity index (χ1) is 15.7. The molecular formula is C26H28F4N2S. The molecule has 1 atom stereocenters. The fourth-order valence-corrected chi connectivity index (χ4v) is 4.76.